The number of aromatic hydroxyl groups is 1. The van der Waals surface area contributed by atoms with Gasteiger partial charge in [0.1, 0.15) is 11.5 Å². The lowest BCUT2D eigenvalue weighted by Crippen LogP contribution is -2.31. The number of rotatable bonds is 7. The van der Waals surface area contributed by atoms with Gasteiger partial charge in [-0.3, -0.25) is 4.79 Å². The molecule has 10 nitrogen and oxygen atoms in total. The molecule has 0 atom stereocenters. The molecule has 0 radical (unpaired) electrons. The summed E-state index contributed by atoms with van der Waals surface area (Å²) in [5, 5.41) is 24.3. The Morgan fingerprint density at radius 2 is 1.94 bits per heavy atom. The van der Waals surface area contributed by atoms with Crippen LogP contribution in [0.25, 0.3) is 11.3 Å². The predicted octanol–water partition coefficient (Wildman–Crippen LogP) is 4.53. The maximum absolute atomic E-state index is 13.1. The molecule has 36 heavy (non-hydrogen) atoms. The monoisotopic (exact) mass is 487 g/mol. The number of aromatic nitrogens is 3. The quantitative estimate of drug-likeness (QED) is 0.349. The Bertz CT molecular complexity index is 1370. The van der Waals surface area contributed by atoms with Gasteiger partial charge in [0.05, 0.1) is 24.7 Å². The van der Waals surface area contributed by atoms with E-state index in [1.54, 1.807) is 19.2 Å². The minimum atomic E-state index is -0.482. The van der Waals surface area contributed by atoms with Gasteiger partial charge < -0.3 is 25.0 Å². The van der Waals surface area contributed by atoms with Crippen molar-refractivity contribution in [3.63, 3.8) is 0 Å². The topological polar surface area (TPSA) is 132 Å². The van der Waals surface area contributed by atoms with E-state index in [4.69, 9.17) is 9.26 Å². The maximum atomic E-state index is 13.1. The van der Waals surface area contributed by atoms with E-state index in [1.165, 1.54) is 23.0 Å². The van der Waals surface area contributed by atoms with Gasteiger partial charge in [-0.25, -0.2) is 4.79 Å². The Morgan fingerprint density at radius 1 is 1.14 bits per heavy atom. The molecule has 0 saturated heterocycles. The van der Waals surface area contributed by atoms with E-state index in [9.17, 15) is 14.7 Å². The summed E-state index contributed by atoms with van der Waals surface area (Å²) in [6.07, 6.45) is 4.44. The van der Waals surface area contributed by atoms with Crippen LogP contribution in [-0.4, -0.2) is 39.1 Å². The molecule has 0 bridgehead atoms. The Labute approximate surface area is 206 Å². The van der Waals surface area contributed by atoms with Crippen LogP contribution in [0.15, 0.2) is 65.3 Å². The first-order chi connectivity index (χ1) is 17.5. The van der Waals surface area contributed by atoms with Crippen molar-refractivity contribution in [3.8, 4) is 22.8 Å². The Morgan fingerprint density at radius 3 is 2.58 bits per heavy atom. The van der Waals surface area contributed by atoms with Crippen LogP contribution in [0, 0.1) is 0 Å². The van der Waals surface area contributed by atoms with E-state index in [-0.39, 0.29) is 23.5 Å². The zero-order chi connectivity index (χ0) is 25.1. The molecular weight excluding hydrogens is 462 g/mol. The number of phenolic OH excluding ortho intramolecular Hbond substituents is 1. The summed E-state index contributed by atoms with van der Waals surface area (Å²) in [6, 6.07) is 15.1. The molecule has 1 aliphatic carbocycles. The van der Waals surface area contributed by atoms with Crippen molar-refractivity contribution in [1.82, 2.24) is 20.3 Å². The largest absolute Gasteiger partial charge is 0.507 e. The van der Waals surface area contributed by atoms with Crippen LogP contribution in [0.3, 0.4) is 0 Å². The number of carbonyl (C=O) groups is 2. The van der Waals surface area contributed by atoms with Gasteiger partial charge in [-0.15, -0.1) is 0 Å². The first kappa shape index (κ1) is 23.2. The van der Waals surface area contributed by atoms with Crippen LogP contribution < -0.4 is 15.4 Å². The fraction of sp³-hybridized carbons (Fsp3) is 0.231. The second-order valence-electron chi connectivity index (χ2n) is 8.56. The fourth-order valence-electron chi connectivity index (χ4n) is 4.03. The summed E-state index contributed by atoms with van der Waals surface area (Å²) >= 11 is 0. The number of anilines is 1. The zero-order valence-corrected chi connectivity index (χ0v) is 19.6. The third kappa shape index (κ3) is 4.78. The molecule has 2 aromatic heterocycles. The molecule has 2 aromatic carbocycles. The summed E-state index contributed by atoms with van der Waals surface area (Å²) in [7, 11) is 1.61. The van der Waals surface area contributed by atoms with Gasteiger partial charge in [0.2, 0.25) is 5.76 Å². The van der Waals surface area contributed by atoms with E-state index in [0.717, 1.165) is 36.3 Å². The number of nitrogens with one attached hydrogen (secondary N) is 2. The van der Waals surface area contributed by atoms with Crippen molar-refractivity contribution in [2.45, 2.75) is 31.7 Å². The first-order valence-electron chi connectivity index (χ1n) is 11.6. The number of carbonyl (C=O) groups excluding carboxylic acids is 2. The molecule has 1 fully saturated rings. The highest BCUT2D eigenvalue weighted by atomic mass is 16.5. The number of nitrogens with zero attached hydrogens (tertiary/aromatic N) is 3. The molecule has 184 valence electrons. The molecule has 3 N–H and O–H groups in total. The van der Waals surface area contributed by atoms with Gasteiger partial charge in [-0.1, -0.05) is 23.7 Å². The molecule has 0 spiro atoms. The van der Waals surface area contributed by atoms with Crippen LogP contribution in [0.2, 0.25) is 0 Å². The molecule has 0 unspecified atom stereocenters. The minimum Gasteiger partial charge on any atom is -0.507 e. The van der Waals surface area contributed by atoms with Crippen molar-refractivity contribution >= 4 is 17.6 Å². The van der Waals surface area contributed by atoms with Crippen molar-refractivity contribution in [1.29, 1.82) is 0 Å². The lowest BCUT2D eigenvalue weighted by molar-refractivity contribution is 0.0988. The lowest BCUT2D eigenvalue weighted by atomic mass is 9.82. The average molecular weight is 488 g/mol. The van der Waals surface area contributed by atoms with Crippen molar-refractivity contribution < 1.29 is 24.0 Å². The third-order valence-corrected chi connectivity index (χ3v) is 6.25. The summed E-state index contributed by atoms with van der Waals surface area (Å²) in [4.78, 5) is 25.2. The summed E-state index contributed by atoms with van der Waals surface area (Å²) in [5.41, 5.74) is 3.05. The molecule has 5 rings (SSSR count). The van der Waals surface area contributed by atoms with Crippen LogP contribution >= 0.6 is 0 Å². The second-order valence-corrected chi connectivity index (χ2v) is 8.56. The molecule has 2 amide bonds. The normalized spacial score (nSPS) is 13.1. The Balaban J connectivity index is 1.35. The van der Waals surface area contributed by atoms with Crippen LogP contribution in [0.4, 0.5) is 10.5 Å². The highest BCUT2D eigenvalue weighted by Crippen LogP contribution is 2.39. The SMILES string of the molecule is COc1ccc(CNC(=O)n2nc(-c3ccc(NC(=O)c4ccno4)cc3O)cc2C2CCC2)cc1. The fourth-order valence-corrected chi connectivity index (χ4v) is 4.03. The number of methoxy groups -OCH3 is 1. The van der Waals surface area contributed by atoms with E-state index < -0.39 is 5.91 Å². The number of benzene rings is 2. The van der Waals surface area contributed by atoms with Gasteiger partial charge >= 0.3 is 6.03 Å². The van der Waals surface area contributed by atoms with Gasteiger partial charge in [0.15, 0.2) is 0 Å². The van der Waals surface area contributed by atoms with Crippen molar-refractivity contribution in [2.75, 3.05) is 12.4 Å². The molecule has 1 saturated carbocycles. The van der Waals surface area contributed by atoms with E-state index >= 15 is 0 Å². The number of amides is 2. The molecule has 10 heteroatoms. The number of hydrogen-bond donors (Lipinski definition) is 3. The molecule has 2 heterocycles. The zero-order valence-electron chi connectivity index (χ0n) is 19.6. The van der Waals surface area contributed by atoms with Crippen LogP contribution in [0.5, 0.6) is 11.5 Å². The first-order valence-corrected chi connectivity index (χ1v) is 11.6. The van der Waals surface area contributed by atoms with Gasteiger partial charge in [-0.05, 0) is 48.7 Å². The third-order valence-electron chi connectivity index (χ3n) is 6.25. The van der Waals surface area contributed by atoms with Crippen LogP contribution in [0.1, 0.15) is 47.0 Å². The number of hydrogen-bond acceptors (Lipinski definition) is 7. The molecule has 0 aliphatic heterocycles. The average Bonchev–Trinajstić information content (AvgIpc) is 3.53. The highest BCUT2D eigenvalue weighted by Gasteiger charge is 2.27. The summed E-state index contributed by atoms with van der Waals surface area (Å²) < 4.78 is 11.4. The summed E-state index contributed by atoms with van der Waals surface area (Å²) in [5.74, 6) is 0.486. The van der Waals surface area contributed by atoms with Gasteiger partial charge in [-0.2, -0.15) is 9.78 Å². The van der Waals surface area contributed by atoms with Crippen LogP contribution in [-0.2, 0) is 6.54 Å². The minimum absolute atomic E-state index is 0.0584. The van der Waals surface area contributed by atoms with Gasteiger partial charge in [0.25, 0.3) is 5.91 Å². The second kappa shape index (κ2) is 9.95. The van der Waals surface area contributed by atoms with E-state index in [1.807, 2.05) is 30.3 Å². The molecular formula is C26H25N5O5. The maximum Gasteiger partial charge on any atom is 0.342 e. The Hall–Kier alpha value is -4.60. The van der Waals surface area contributed by atoms with Gasteiger partial charge in [0, 0.05) is 35.8 Å². The molecule has 1 aliphatic rings. The van der Waals surface area contributed by atoms with Crippen molar-refractivity contribution in [2.24, 2.45) is 0 Å². The van der Waals surface area contributed by atoms with E-state index in [2.05, 4.69) is 20.9 Å². The number of phenols is 1. The standard InChI is InChI=1S/C26H25N5O5/c1-35-19-8-5-16(6-9-19)15-27-26(34)31-22(17-3-2-4-17)14-21(30-31)20-10-7-18(13-23(20)32)29-25(33)24-11-12-28-36-24/h5-14,17,32H,2-4,15H2,1H3,(H,27,34)(H,29,33). The number of ether oxygens (including phenoxy) is 1. The predicted molar refractivity (Wildman–Crippen MR) is 131 cm³/mol. The smallest absolute Gasteiger partial charge is 0.342 e. The van der Waals surface area contributed by atoms with Crippen molar-refractivity contribution in [3.05, 3.63) is 77.8 Å². The Kier molecular flexibility index (Phi) is 6.40. The summed E-state index contributed by atoms with van der Waals surface area (Å²) in [6.45, 7) is 0.340. The highest BCUT2D eigenvalue weighted by molar-refractivity contribution is 6.02. The lowest BCUT2D eigenvalue weighted by Gasteiger charge is -2.25. The van der Waals surface area contributed by atoms with E-state index in [0.29, 0.717) is 23.5 Å². The molecule has 4 aromatic rings.